The van der Waals surface area contributed by atoms with Crippen molar-refractivity contribution in [2.24, 2.45) is 12.8 Å². The second kappa shape index (κ2) is 2.53. The van der Waals surface area contributed by atoms with Gasteiger partial charge in [-0.2, -0.15) is 0 Å². The summed E-state index contributed by atoms with van der Waals surface area (Å²) < 4.78 is 7.07. The van der Waals surface area contributed by atoms with Crippen LogP contribution in [-0.4, -0.2) is 28.0 Å². The van der Waals surface area contributed by atoms with Crippen LogP contribution in [0.3, 0.4) is 0 Å². The quantitative estimate of drug-likeness (QED) is 0.607. The molecule has 0 saturated carbocycles. The minimum absolute atomic E-state index is 0.425. The van der Waals surface area contributed by atoms with Gasteiger partial charge in [0.15, 0.2) is 5.82 Å². The molecule has 5 nitrogen and oxygen atoms in total. The van der Waals surface area contributed by atoms with Gasteiger partial charge in [0.05, 0.1) is 6.61 Å². The van der Waals surface area contributed by atoms with Crippen LogP contribution >= 0.6 is 0 Å². The predicted molar refractivity (Wildman–Crippen MR) is 42.3 cm³/mol. The van der Waals surface area contributed by atoms with Gasteiger partial charge in [-0.1, -0.05) is 0 Å². The van der Waals surface area contributed by atoms with E-state index in [4.69, 9.17) is 10.5 Å². The van der Waals surface area contributed by atoms with Crippen LogP contribution in [0.4, 0.5) is 0 Å². The van der Waals surface area contributed by atoms with Crippen LogP contribution < -0.4 is 5.73 Å². The Hall–Kier alpha value is -0.940. The first-order valence-electron chi connectivity index (χ1n) is 3.93. The Bertz CT molecular complexity index is 277. The zero-order valence-corrected chi connectivity index (χ0v) is 7.03. The maximum absolute atomic E-state index is 6.08. The molecule has 0 radical (unpaired) electrons. The number of rotatable bonds is 1. The van der Waals surface area contributed by atoms with E-state index in [1.54, 1.807) is 6.33 Å². The Labute approximate surface area is 70.5 Å². The minimum Gasteiger partial charge on any atom is -0.379 e. The van der Waals surface area contributed by atoms with Gasteiger partial charge in [-0.3, -0.25) is 0 Å². The highest BCUT2D eigenvalue weighted by molar-refractivity contribution is 5.06. The summed E-state index contributed by atoms with van der Waals surface area (Å²) >= 11 is 0. The molecule has 12 heavy (non-hydrogen) atoms. The van der Waals surface area contributed by atoms with Crippen molar-refractivity contribution in [1.29, 1.82) is 0 Å². The molecule has 0 spiro atoms. The van der Waals surface area contributed by atoms with Crippen molar-refractivity contribution >= 4 is 0 Å². The summed E-state index contributed by atoms with van der Waals surface area (Å²) in [6.45, 7) is 1.25. The monoisotopic (exact) mass is 168 g/mol. The highest BCUT2D eigenvalue weighted by Gasteiger charge is 2.36. The third-order valence-corrected chi connectivity index (χ3v) is 2.21. The molecule has 5 heteroatoms. The Morgan fingerprint density at radius 2 is 2.58 bits per heavy atom. The van der Waals surface area contributed by atoms with Gasteiger partial charge in [-0.25, -0.2) is 0 Å². The molecule has 2 heterocycles. The van der Waals surface area contributed by atoms with Crippen LogP contribution in [0.5, 0.6) is 0 Å². The molecule has 1 aliphatic rings. The number of nitrogens with two attached hydrogens (primary N) is 1. The van der Waals surface area contributed by atoms with E-state index in [-0.39, 0.29) is 0 Å². The van der Waals surface area contributed by atoms with Gasteiger partial charge >= 0.3 is 0 Å². The maximum Gasteiger partial charge on any atom is 0.155 e. The molecule has 0 aliphatic carbocycles. The third-order valence-electron chi connectivity index (χ3n) is 2.21. The molecule has 1 aromatic heterocycles. The first-order chi connectivity index (χ1) is 5.72. The molecule has 0 aromatic carbocycles. The molecule has 0 bridgehead atoms. The molecular formula is C7H12N4O. The Morgan fingerprint density at radius 1 is 1.75 bits per heavy atom. The van der Waals surface area contributed by atoms with E-state index in [0.29, 0.717) is 13.2 Å². The van der Waals surface area contributed by atoms with Crippen LogP contribution in [0, 0.1) is 0 Å². The molecule has 1 aliphatic heterocycles. The molecule has 1 atom stereocenters. The van der Waals surface area contributed by atoms with Crippen molar-refractivity contribution in [3.8, 4) is 0 Å². The molecule has 2 N–H and O–H groups in total. The summed E-state index contributed by atoms with van der Waals surface area (Å²) in [4.78, 5) is 0. The lowest BCUT2D eigenvalue weighted by Gasteiger charge is -2.19. The molecular weight excluding hydrogens is 156 g/mol. The molecule has 1 fully saturated rings. The highest BCUT2D eigenvalue weighted by atomic mass is 16.5. The van der Waals surface area contributed by atoms with Crippen molar-refractivity contribution in [3.05, 3.63) is 12.2 Å². The average Bonchev–Trinajstić information content (AvgIpc) is 2.59. The normalized spacial score (nSPS) is 29.5. The fourth-order valence-corrected chi connectivity index (χ4v) is 1.49. The Kier molecular flexibility index (Phi) is 1.62. The van der Waals surface area contributed by atoms with Crippen molar-refractivity contribution < 1.29 is 4.74 Å². The van der Waals surface area contributed by atoms with Gasteiger partial charge in [0.25, 0.3) is 0 Å². The lowest BCUT2D eigenvalue weighted by atomic mass is 9.99. The van der Waals surface area contributed by atoms with Crippen LogP contribution in [0.15, 0.2) is 6.33 Å². The number of aryl methyl sites for hydroxylation is 1. The van der Waals surface area contributed by atoms with Crippen molar-refractivity contribution in [1.82, 2.24) is 14.8 Å². The van der Waals surface area contributed by atoms with Crippen molar-refractivity contribution in [3.63, 3.8) is 0 Å². The third kappa shape index (κ3) is 1.02. The van der Waals surface area contributed by atoms with Crippen LogP contribution in [-0.2, 0) is 17.3 Å². The van der Waals surface area contributed by atoms with Gasteiger partial charge in [0, 0.05) is 13.7 Å². The van der Waals surface area contributed by atoms with Crippen molar-refractivity contribution in [2.45, 2.75) is 12.0 Å². The topological polar surface area (TPSA) is 66.0 Å². The van der Waals surface area contributed by atoms with Gasteiger partial charge in [-0.15, -0.1) is 10.2 Å². The maximum atomic E-state index is 6.08. The first-order valence-corrected chi connectivity index (χ1v) is 3.93. The van der Waals surface area contributed by atoms with E-state index in [2.05, 4.69) is 10.2 Å². The van der Waals surface area contributed by atoms with Crippen molar-refractivity contribution in [2.75, 3.05) is 13.2 Å². The Balaban J connectivity index is 2.34. The predicted octanol–water partition coefficient (Wildman–Crippen LogP) is -0.611. The first kappa shape index (κ1) is 7.70. The van der Waals surface area contributed by atoms with Gasteiger partial charge in [0.2, 0.25) is 0 Å². The molecule has 2 rings (SSSR count). The molecule has 0 amide bonds. The number of ether oxygens (including phenoxy) is 1. The fourth-order valence-electron chi connectivity index (χ4n) is 1.49. The summed E-state index contributed by atoms with van der Waals surface area (Å²) in [5, 5.41) is 7.77. The number of nitrogens with zero attached hydrogens (tertiary/aromatic N) is 3. The van der Waals surface area contributed by atoms with Crippen LogP contribution in [0.25, 0.3) is 0 Å². The summed E-state index contributed by atoms with van der Waals surface area (Å²) in [5.74, 6) is 0.806. The second-order valence-corrected chi connectivity index (χ2v) is 3.22. The summed E-state index contributed by atoms with van der Waals surface area (Å²) in [6, 6.07) is 0. The summed E-state index contributed by atoms with van der Waals surface area (Å²) in [5.41, 5.74) is 5.65. The van der Waals surface area contributed by atoms with Crippen LogP contribution in [0.1, 0.15) is 12.2 Å². The van der Waals surface area contributed by atoms with Gasteiger partial charge in [0.1, 0.15) is 11.9 Å². The van der Waals surface area contributed by atoms with E-state index in [1.165, 1.54) is 0 Å². The number of hydrogen-bond acceptors (Lipinski definition) is 4. The van der Waals surface area contributed by atoms with Gasteiger partial charge in [-0.05, 0) is 6.42 Å². The zero-order chi connectivity index (χ0) is 8.60. The SMILES string of the molecule is Cn1cnnc1C1(N)CCOC1. The molecule has 1 aromatic rings. The molecule has 1 unspecified atom stereocenters. The highest BCUT2D eigenvalue weighted by Crippen LogP contribution is 2.24. The van der Waals surface area contributed by atoms with E-state index in [1.807, 2.05) is 11.6 Å². The summed E-state index contributed by atoms with van der Waals surface area (Å²) in [7, 11) is 1.89. The van der Waals surface area contributed by atoms with Gasteiger partial charge < -0.3 is 15.0 Å². The number of aromatic nitrogens is 3. The Morgan fingerprint density at radius 3 is 3.08 bits per heavy atom. The minimum atomic E-state index is -0.425. The van der Waals surface area contributed by atoms with E-state index in [0.717, 1.165) is 12.2 Å². The zero-order valence-electron chi connectivity index (χ0n) is 7.03. The second-order valence-electron chi connectivity index (χ2n) is 3.22. The number of hydrogen-bond donors (Lipinski definition) is 1. The van der Waals surface area contributed by atoms with E-state index in [9.17, 15) is 0 Å². The fraction of sp³-hybridized carbons (Fsp3) is 0.714. The molecule has 66 valence electrons. The largest absolute Gasteiger partial charge is 0.379 e. The lowest BCUT2D eigenvalue weighted by molar-refractivity contribution is 0.175. The average molecular weight is 168 g/mol. The van der Waals surface area contributed by atoms with Crippen LogP contribution in [0.2, 0.25) is 0 Å². The smallest absolute Gasteiger partial charge is 0.155 e. The van der Waals surface area contributed by atoms with E-state index < -0.39 is 5.54 Å². The lowest BCUT2D eigenvalue weighted by Crippen LogP contribution is -2.39. The summed E-state index contributed by atoms with van der Waals surface area (Å²) in [6.07, 6.45) is 2.47. The van der Waals surface area contributed by atoms with E-state index >= 15 is 0 Å². The standard InChI is InChI=1S/C7H12N4O/c1-11-5-9-10-6(11)7(8)2-3-12-4-7/h5H,2-4,8H2,1H3. The molecule has 1 saturated heterocycles.